The maximum atomic E-state index is 12.5. The smallest absolute Gasteiger partial charge is 0.387 e. The molecular formula is C23H25ClF2N2O3. The summed E-state index contributed by atoms with van der Waals surface area (Å²) in [4.78, 5) is 0. The van der Waals surface area contributed by atoms with E-state index >= 15 is 0 Å². The van der Waals surface area contributed by atoms with Gasteiger partial charge in [0.05, 0.1) is 24.9 Å². The Morgan fingerprint density at radius 3 is 2.35 bits per heavy atom. The number of benzene rings is 2. The van der Waals surface area contributed by atoms with Crippen molar-refractivity contribution in [3.8, 4) is 22.9 Å². The van der Waals surface area contributed by atoms with Crippen molar-refractivity contribution in [1.82, 2.24) is 9.88 Å². The third kappa shape index (κ3) is 4.78. The van der Waals surface area contributed by atoms with Crippen LogP contribution in [0.1, 0.15) is 36.7 Å². The maximum Gasteiger partial charge on any atom is 0.387 e. The van der Waals surface area contributed by atoms with E-state index in [-0.39, 0.29) is 24.2 Å². The van der Waals surface area contributed by atoms with E-state index in [1.807, 2.05) is 44.3 Å². The summed E-state index contributed by atoms with van der Waals surface area (Å²) in [6.07, 6.45) is 2.01. The number of alkyl halides is 2. The maximum absolute atomic E-state index is 12.5. The van der Waals surface area contributed by atoms with Crippen LogP contribution in [-0.4, -0.2) is 24.4 Å². The second kappa shape index (κ2) is 10.0. The largest absolute Gasteiger partial charge is 0.490 e. The van der Waals surface area contributed by atoms with Crippen molar-refractivity contribution in [1.29, 1.82) is 0 Å². The average Bonchev–Trinajstić information content (AvgIpc) is 3.15. The Morgan fingerprint density at radius 1 is 1.03 bits per heavy atom. The molecule has 0 amide bonds. The zero-order valence-corrected chi connectivity index (χ0v) is 18.1. The van der Waals surface area contributed by atoms with Crippen LogP contribution in [0, 0.1) is 0 Å². The van der Waals surface area contributed by atoms with Gasteiger partial charge in [-0.2, -0.15) is 8.78 Å². The van der Waals surface area contributed by atoms with Crippen LogP contribution in [0.3, 0.4) is 0 Å². The number of hydrogen-bond acceptors (Lipinski definition) is 4. The number of fused-ring (bicyclic) bond motifs is 3. The zero-order chi connectivity index (χ0) is 21.1. The minimum atomic E-state index is -2.84. The topological polar surface area (TPSA) is 44.7 Å². The Hall–Kier alpha value is -2.77. The molecule has 2 aromatic carbocycles. The molecule has 0 saturated heterocycles. The molecule has 0 saturated carbocycles. The zero-order valence-electron chi connectivity index (χ0n) is 17.3. The number of halogens is 3. The van der Waals surface area contributed by atoms with Crippen molar-refractivity contribution in [2.75, 3.05) is 13.2 Å². The van der Waals surface area contributed by atoms with Gasteiger partial charge in [0, 0.05) is 24.5 Å². The predicted molar refractivity (Wildman–Crippen MR) is 117 cm³/mol. The summed E-state index contributed by atoms with van der Waals surface area (Å²) in [5, 5.41) is 3.57. The third-order valence-electron chi connectivity index (χ3n) is 5.02. The SMILES string of the molecule is CCOc1cc2c(cc1OCC)-n1cccc1C(c1ccc(OC(F)F)cc1)NC2.Cl. The fraction of sp³-hybridized carbons (Fsp3) is 0.304. The Morgan fingerprint density at radius 2 is 1.71 bits per heavy atom. The first-order valence-electron chi connectivity index (χ1n) is 9.99. The molecule has 8 heteroatoms. The second-order valence-corrected chi connectivity index (χ2v) is 6.86. The molecular weight excluding hydrogens is 426 g/mol. The van der Waals surface area contributed by atoms with Crippen molar-refractivity contribution in [2.24, 2.45) is 0 Å². The van der Waals surface area contributed by atoms with Gasteiger partial charge >= 0.3 is 6.61 Å². The van der Waals surface area contributed by atoms with Crippen LogP contribution in [0.15, 0.2) is 54.7 Å². The highest BCUT2D eigenvalue weighted by molar-refractivity contribution is 5.85. The van der Waals surface area contributed by atoms with Gasteiger partial charge in [0.15, 0.2) is 11.5 Å². The standard InChI is InChI=1S/C23H24F2N2O3.ClH/c1-3-28-20-12-16-14-26-22(15-7-9-17(10-8-15)30-23(24)25)18-6-5-11-27(18)19(16)13-21(20)29-4-2;/h5-13,22-23,26H,3-4,14H2,1-2H3;1H. The lowest BCUT2D eigenvalue weighted by Gasteiger charge is -2.18. The molecule has 5 nitrogen and oxygen atoms in total. The van der Waals surface area contributed by atoms with Crippen molar-refractivity contribution in [3.05, 3.63) is 71.5 Å². The molecule has 0 bridgehead atoms. The third-order valence-corrected chi connectivity index (χ3v) is 5.02. The number of ether oxygens (including phenoxy) is 3. The fourth-order valence-electron chi connectivity index (χ4n) is 3.79. The molecule has 1 unspecified atom stereocenters. The van der Waals surface area contributed by atoms with Crippen LogP contribution in [0.25, 0.3) is 5.69 Å². The average molecular weight is 451 g/mol. The quantitative estimate of drug-likeness (QED) is 0.517. The molecule has 0 spiro atoms. The van der Waals surface area contributed by atoms with Crippen molar-refractivity contribution < 1.29 is 23.0 Å². The number of aromatic nitrogens is 1. The van der Waals surface area contributed by atoms with Gasteiger partial charge in [-0.3, -0.25) is 0 Å². The number of rotatable bonds is 7. The molecule has 3 aromatic rings. The van der Waals surface area contributed by atoms with E-state index in [0.717, 1.165) is 28.3 Å². The van der Waals surface area contributed by atoms with Crippen molar-refractivity contribution >= 4 is 12.4 Å². The Balaban J connectivity index is 0.00000272. The minimum absolute atomic E-state index is 0. The monoisotopic (exact) mass is 450 g/mol. The molecule has 0 aliphatic carbocycles. The molecule has 1 aliphatic heterocycles. The highest BCUT2D eigenvalue weighted by atomic mass is 35.5. The van der Waals surface area contributed by atoms with Gasteiger partial charge in [-0.1, -0.05) is 12.1 Å². The summed E-state index contributed by atoms with van der Waals surface area (Å²) >= 11 is 0. The van der Waals surface area contributed by atoms with E-state index < -0.39 is 6.61 Å². The first-order chi connectivity index (χ1) is 14.6. The lowest BCUT2D eigenvalue weighted by molar-refractivity contribution is -0.0498. The summed E-state index contributed by atoms with van der Waals surface area (Å²) in [6, 6.07) is 14.7. The molecule has 2 heterocycles. The van der Waals surface area contributed by atoms with Crippen molar-refractivity contribution in [3.63, 3.8) is 0 Å². The molecule has 1 N–H and O–H groups in total. The Labute approximate surface area is 186 Å². The first-order valence-corrected chi connectivity index (χ1v) is 9.99. The Kier molecular flexibility index (Phi) is 7.41. The Bertz CT molecular complexity index is 1010. The van der Waals surface area contributed by atoms with Gasteiger partial charge in [-0.25, -0.2) is 0 Å². The van der Waals surface area contributed by atoms with Gasteiger partial charge in [-0.15, -0.1) is 12.4 Å². The lowest BCUT2D eigenvalue weighted by atomic mass is 10.0. The molecule has 1 atom stereocenters. The highest BCUT2D eigenvalue weighted by Crippen LogP contribution is 2.37. The molecule has 0 radical (unpaired) electrons. The van der Waals surface area contributed by atoms with E-state index in [4.69, 9.17) is 9.47 Å². The lowest BCUT2D eigenvalue weighted by Crippen LogP contribution is -2.21. The van der Waals surface area contributed by atoms with Gasteiger partial charge in [0.1, 0.15) is 5.75 Å². The van der Waals surface area contributed by atoms with E-state index in [0.29, 0.717) is 25.5 Å². The summed E-state index contributed by atoms with van der Waals surface area (Å²) in [5.74, 6) is 1.58. The second-order valence-electron chi connectivity index (χ2n) is 6.86. The molecule has 0 fully saturated rings. The van der Waals surface area contributed by atoms with Crippen LogP contribution in [0.5, 0.6) is 17.2 Å². The molecule has 166 valence electrons. The minimum Gasteiger partial charge on any atom is -0.490 e. The van der Waals surface area contributed by atoms with Crippen LogP contribution < -0.4 is 19.5 Å². The van der Waals surface area contributed by atoms with Gasteiger partial charge in [-0.05, 0) is 55.3 Å². The van der Waals surface area contributed by atoms with Crippen LogP contribution >= 0.6 is 12.4 Å². The van der Waals surface area contributed by atoms with E-state index in [2.05, 4.69) is 14.6 Å². The number of hydrogen-bond donors (Lipinski definition) is 1. The summed E-state index contributed by atoms with van der Waals surface area (Å²) in [5.41, 5.74) is 4.11. The van der Waals surface area contributed by atoms with Crippen LogP contribution in [-0.2, 0) is 6.54 Å². The van der Waals surface area contributed by atoms with E-state index in [9.17, 15) is 8.78 Å². The summed E-state index contributed by atoms with van der Waals surface area (Å²) < 4.78 is 43.1. The fourth-order valence-corrected chi connectivity index (χ4v) is 3.79. The summed E-state index contributed by atoms with van der Waals surface area (Å²) in [6.45, 7) is 2.77. The number of nitrogens with zero attached hydrogens (tertiary/aromatic N) is 1. The van der Waals surface area contributed by atoms with Gasteiger partial charge in [0.25, 0.3) is 0 Å². The highest BCUT2D eigenvalue weighted by Gasteiger charge is 2.25. The molecule has 4 rings (SSSR count). The van der Waals surface area contributed by atoms with E-state index in [1.165, 1.54) is 0 Å². The summed E-state index contributed by atoms with van der Waals surface area (Å²) in [7, 11) is 0. The predicted octanol–water partition coefficient (Wildman–Crippen LogP) is 5.49. The number of nitrogens with one attached hydrogen (secondary N) is 1. The van der Waals surface area contributed by atoms with E-state index in [1.54, 1.807) is 24.3 Å². The van der Waals surface area contributed by atoms with Gasteiger partial charge in [0.2, 0.25) is 0 Å². The first kappa shape index (κ1) is 22.9. The van der Waals surface area contributed by atoms with Crippen molar-refractivity contribution in [2.45, 2.75) is 33.0 Å². The normalized spacial score (nSPS) is 14.8. The molecule has 1 aliphatic rings. The van der Waals surface area contributed by atoms with Gasteiger partial charge < -0.3 is 24.1 Å². The molecule has 1 aromatic heterocycles. The van der Waals surface area contributed by atoms with Crippen LogP contribution in [0.2, 0.25) is 0 Å². The molecule has 31 heavy (non-hydrogen) atoms. The van der Waals surface area contributed by atoms with Crippen LogP contribution in [0.4, 0.5) is 8.78 Å².